The summed E-state index contributed by atoms with van der Waals surface area (Å²) < 4.78 is 5.52. The average Bonchev–Trinajstić information content (AvgIpc) is 2.50. The molecule has 21 heavy (non-hydrogen) atoms. The molecule has 0 spiro atoms. The number of aryl methyl sites for hydroxylation is 1. The fraction of sp³-hybridized carbons (Fsp3) is 0.706. The molecule has 1 N–H and O–H groups in total. The van der Waals surface area contributed by atoms with Gasteiger partial charge in [0.2, 0.25) is 0 Å². The quantitative estimate of drug-likeness (QED) is 0.874. The van der Waals surface area contributed by atoms with Gasteiger partial charge in [-0.25, -0.2) is 0 Å². The van der Waals surface area contributed by atoms with E-state index in [-0.39, 0.29) is 0 Å². The molecule has 1 unspecified atom stereocenters. The van der Waals surface area contributed by atoms with E-state index < -0.39 is 0 Å². The maximum absolute atomic E-state index is 5.52. The summed E-state index contributed by atoms with van der Waals surface area (Å²) in [5.74, 6) is 4.52. The van der Waals surface area contributed by atoms with Crippen LogP contribution >= 0.6 is 11.8 Å². The molecule has 3 nitrogen and oxygen atoms in total. The molecule has 0 radical (unpaired) electrons. The van der Waals surface area contributed by atoms with Crippen LogP contribution in [0.2, 0.25) is 0 Å². The van der Waals surface area contributed by atoms with E-state index in [0.717, 1.165) is 23.7 Å². The second-order valence-electron chi connectivity index (χ2n) is 6.03. The van der Waals surface area contributed by atoms with Crippen LogP contribution in [-0.4, -0.2) is 36.7 Å². The number of methoxy groups -OCH3 is 1. The Labute approximate surface area is 133 Å². The van der Waals surface area contributed by atoms with Crippen molar-refractivity contribution in [1.29, 1.82) is 0 Å². The van der Waals surface area contributed by atoms with Crippen LogP contribution < -0.4 is 10.1 Å². The molecule has 118 valence electrons. The van der Waals surface area contributed by atoms with Gasteiger partial charge >= 0.3 is 0 Å². The minimum absolute atomic E-state index is 0.511. The van der Waals surface area contributed by atoms with Gasteiger partial charge in [-0.1, -0.05) is 0 Å². The fourth-order valence-electron chi connectivity index (χ4n) is 3.20. The topological polar surface area (TPSA) is 34.2 Å². The lowest BCUT2D eigenvalue weighted by atomic mass is 9.91. The number of rotatable bonds is 6. The van der Waals surface area contributed by atoms with E-state index in [0.29, 0.717) is 6.04 Å². The molecule has 1 fully saturated rings. The Hall–Kier alpha value is -0.740. The van der Waals surface area contributed by atoms with Crippen LogP contribution in [0, 0.1) is 19.8 Å². The first-order chi connectivity index (χ1) is 10.2. The third-order valence-corrected chi connectivity index (χ3v) is 5.61. The van der Waals surface area contributed by atoms with Crippen LogP contribution in [0.5, 0.6) is 5.75 Å². The van der Waals surface area contributed by atoms with Crippen LogP contribution in [0.1, 0.15) is 36.1 Å². The zero-order valence-corrected chi connectivity index (χ0v) is 14.6. The molecule has 0 saturated carbocycles. The highest BCUT2D eigenvalue weighted by molar-refractivity contribution is 7.99. The molecule has 1 aromatic heterocycles. The second kappa shape index (κ2) is 8.04. The summed E-state index contributed by atoms with van der Waals surface area (Å²) in [6.45, 7) is 4.18. The maximum Gasteiger partial charge on any atom is 0.128 e. The molecular formula is C17H28N2OS. The number of aromatic nitrogens is 1. The predicted octanol–water partition coefficient (Wildman–Crippen LogP) is 3.37. The number of thioether (sulfide) groups is 1. The first kappa shape index (κ1) is 16.6. The molecule has 0 amide bonds. The summed E-state index contributed by atoms with van der Waals surface area (Å²) in [6.07, 6.45) is 6.92. The molecule has 0 aliphatic carbocycles. The van der Waals surface area contributed by atoms with Crippen LogP contribution in [-0.2, 0) is 6.42 Å². The lowest BCUT2D eigenvalue weighted by molar-refractivity contribution is 0.372. The monoisotopic (exact) mass is 308 g/mol. The van der Waals surface area contributed by atoms with Crippen molar-refractivity contribution in [2.45, 2.75) is 45.6 Å². The number of pyridine rings is 1. The molecule has 0 bridgehead atoms. The Morgan fingerprint density at radius 2 is 2.10 bits per heavy atom. The number of hydrogen-bond donors (Lipinski definition) is 1. The second-order valence-corrected chi connectivity index (χ2v) is 7.25. The van der Waals surface area contributed by atoms with Crippen molar-refractivity contribution >= 4 is 11.8 Å². The van der Waals surface area contributed by atoms with Gasteiger partial charge in [-0.3, -0.25) is 4.98 Å². The Morgan fingerprint density at radius 1 is 1.38 bits per heavy atom. The van der Waals surface area contributed by atoms with Crippen LogP contribution in [0.4, 0.5) is 0 Å². The van der Waals surface area contributed by atoms with Gasteiger partial charge in [-0.2, -0.15) is 11.8 Å². The lowest BCUT2D eigenvalue weighted by Crippen LogP contribution is -2.31. The van der Waals surface area contributed by atoms with Gasteiger partial charge in [-0.15, -0.1) is 0 Å². The van der Waals surface area contributed by atoms with Crippen molar-refractivity contribution in [1.82, 2.24) is 10.3 Å². The summed E-state index contributed by atoms with van der Waals surface area (Å²) in [6, 6.07) is 0.511. The standard InChI is InChI=1S/C17H28N2OS/c1-12-11-19-16(13(2)17(12)20-4)10-15(18-3)9-14-5-7-21-8-6-14/h11,14-15,18H,5-10H2,1-4H3. The summed E-state index contributed by atoms with van der Waals surface area (Å²) in [5, 5.41) is 3.49. The summed E-state index contributed by atoms with van der Waals surface area (Å²) >= 11 is 2.10. The molecular weight excluding hydrogens is 280 g/mol. The zero-order chi connectivity index (χ0) is 15.2. The molecule has 1 atom stereocenters. The smallest absolute Gasteiger partial charge is 0.128 e. The highest BCUT2D eigenvalue weighted by Crippen LogP contribution is 2.29. The number of likely N-dealkylation sites (N-methyl/N-ethyl adjacent to an activating group) is 1. The lowest BCUT2D eigenvalue weighted by Gasteiger charge is -2.26. The van der Waals surface area contributed by atoms with E-state index in [1.807, 2.05) is 6.20 Å². The largest absolute Gasteiger partial charge is 0.496 e. The van der Waals surface area contributed by atoms with Crippen LogP contribution in [0.25, 0.3) is 0 Å². The molecule has 1 aliphatic rings. The molecule has 4 heteroatoms. The van der Waals surface area contributed by atoms with Crippen LogP contribution in [0.15, 0.2) is 6.20 Å². The first-order valence-electron chi connectivity index (χ1n) is 7.89. The van der Waals surface area contributed by atoms with Gasteiger partial charge in [0.25, 0.3) is 0 Å². The highest BCUT2D eigenvalue weighted by atomic mass is 32.2. The fourth-order valence-corrected chi connectivity index (χ4v) is 4.40. The van der Waals surface area contributed by atoms with E-state index >= 15 is 0 Å². The Morgan fingerprint density at radius 3 is 2.71 bits per heavy atom. The zero-order valence-electron chi connectivity index (χ0n) is 13.7. The normalized spacial score (nSPS) is 17.7. The van der Waals surface area contributed by atoms with Gasteiger partial charge in [0.1, 0.15) is 5.75 Å². The van der Waals surface area contributed by atoms with Gasteiger partial charge in [0.05, 0.1) is 7.11 Å². The summed E-state index contributed by atoms with van der Waals surface area (Å²) in [5.41, 5.74) is 3.47. The van der Waals surface area contributed by atoms with Crippen molar-refractivity contribution in [3.8, 4) is 5.75 Å². The number of nitrogens with one attached hydrogen (secondary N) is 1. The van der Waals surface area contributed by atoms with E-state index in [1.54, 1.807) is 7.11 Å². The van der Waals surface area contributed by atoms with Crippen molar-refractivity contribution in [2.75, 3.05) is 25.7 Å². The number of nitrogens with zero attached hydrogens (tertiary/aromatic N) is 1. The third-order valence-electron chi connectivity index (χ3n) is 4.56. The van der Waals surface area contributed by atoms with E-state index in [9.17, 15) is 0 Å². The van der Waals surface area contributed by atoms with Crippen molar-refractivity contribution in [3.63, 3.8) is 0 Å². The first-order valence-corrected chi connectivity index (χ1v) is 9.05. The molecule has 1 aliphatic heterocycles. The third kappa shape index (κ3) is 4.36. The molecule has 2 heterocycles. The maximum atomic E-state index is 5.52. The van der Waals surface area contributed by atoms with Crippen molar-refractivity contribution in [2.24, 2.45) is 5.92 Å². The minimum atomic E-state index is 0.511. The van der Waals surface area contributed by atoms with E-state index in [4.69, 9.17) is 4.74 Å². The van der Waals surface area contributed by atoms with Gasteiger partial charge < -0.3 is 10.1 Å². The van der Waals surface area contributed by atoms with E-state index in [2.05, 4.69) is 43.0 Å². The minimum Gasteiger partial charge on any atom is -0.496 e. The van der Waals surface area contributed by atoms with Gasteiger partial charge in [0, 0.05) is 35.5 Å². The summed E-state index contributed by atoms with van der Waals surface area (Å²) in [7, 11) is 3.82. The average molecular weight is 308 g/mol. The number of ether oxygens (including phenoxy) is 1. The highest BCUT2D eigenvalue weighted by Gasteiger charge is 2.20. The van der Waals surface area contributed by atoms with Crippen molar-refractivity contribution in [3.05, 3.63) is 23.0 Å². The predicted molar refractivity (Wildman–Crippen MR) is 91.5 cm³/mol. The molecule has 1 saturated heterocycles. The van der Waals surface area contributed by atoms with E-state index in [1.165, 1.54) is 42.0 Å². The van der Waals surface area contributed by atoms with Gasteiger partial charge in [0.15, 0.2) is 0 Å². The Bertz CT molecular complexity index is 458. The van der Waals surface area contributed by atoms with Gasteiger partial charge in [-0.05, 0) is 57.6 Å². The molecule has 1 aromatic rings. The Kier molecular flexibility index (Phi) is 6.37. The SMILES string of the molecule is CNC(Cc1ncc(C)c(OC)c1C)CC1CCSCC1. The Balaban J connectivity index is 2.04. The number of hydrogen-bond acceptors (Lipinski definition) is 4. The van der Waals surface area contributed by atoms with Crippen LogP contribution in [0.3, 0.4) is 0 Å². The molecule has 0 aromatic carbocycles. The van der Waals surface area contributed by atoms with Crippen molar-refractivity contribution < 1.29 is 4.74 Å². The summed E-state index contributed by atoms with van der Waals surface area (Å²) in [4.78, 5) is 4.64. The molecule has 2 rings (SSSR count).